The molecule has 0 heterocycles. The van der Waals surface area contributed by atoms with Crippen LogP contribution in [0.25, 0.3) is 6.08 Å². The van der Waals surface area contributed by atoms with E-state index in [1.165, 1.54) is 6.08 Å². The predicted octanol–water partition coefficient (Wildman–Crippen LogP) is 1.37. The Morgan fingerprint density at radius 3 is 2.86 bits per heavy atom. The van der Waals surface area contributed by atoms with Gasteiger partial charge in [-0.05, 0) is 24.6 Å². The number of carbonyl (C=O) groups excluding carboxylic acids is 1. The number of nitrogens with zero attached hydrogens (tertiary/aromatic N) is 1. The number of rotatable bonds is 2. The molecule has 0 aromatic heterocycles. The normalized spacial score (nSPS) is 10.0. The average molecular weight is 186 g/mol. The van der Waals surface area contributed by atoms with Crippen molar-refractivity contribution in [2.75, 3.05) is 0 Å². The molecule has 2 N–H and O–H groups in total. The molecule has 3 heteroatoms. The van der Waals surface area contributed by atoms with Gasteiger partial charge in [0.05, 0.1) is 11.6 Å². The van der Waals surface area contributed by atoms with E-state index in [0.717, 1.165) is 5.56 Å². The van der Waals surface area contributed by atoms with Crippen LogP contribution in [-0.2, 0) is 4.79 Å². The van der Waals surface area contributed by atoms with Crippen molar-refractivity contribution in [3.8, 4) is 6.07 Å². The van der Waals surface area contributed by atoms with E-state index in [2.05, 4.69) is 0 Å². The van der Waals surface area contributed by atoms with Crippen LogP contribution in [0.2, 0.25) is 0 Å². The number of nitriles is 1. The standard InChI is InChI=1S/C11H10N2O/c1-8-2-3-10(7-12)9(6-8)4-5-11(13)14/h2-6H,1H3,(H2,13,14). The summed E-state index contributed by atoms with van der Waals surface area (Å²) in [6.45, 7) is 1.92. The molecule has 1 aromatic carbocycles. The van der Waals surface area contributed by atoms with Gasteiger partial charge in [0.2, 0.25) is 5.91 Å². The van der Waals surface area contributed by atoms with E-state index in [1.54, 1.807) is 12.1 Å². The Morgan fingerprint density at radius 2 is 2.29 bits per heavy atom. The Hall–Kier alpha value is -2.08. The lowest BCUT2D eigenvalue weighted by atomic mass is 10.1. The molecule has 0 bridgehead atoms. The molecule has 1 rings (SSSR count). The van der Waals surface area contributed by atoms with E-state index in [9.17, 15) is 4.79 Å². The molecule has 0 fully saturated rings. The number of amides is 1. The summed E-state index contributed by atoms with van der Waals surface area (Å²) in [6, 6.07) is 7.44. The molecule has 1 aromatic rings. The molecule has 0 atom stereocenters. The summed E-state index contributed by atoms with van der Waals surface area (Å²) in [5, 5.41) is 8.77. The highest BCUT2D eigenvalue weighted by atomic mass is 16.1. The Bertz CT molecular complexity index is 427. The van der Waals surface area contributed by atoms with Crippen molar-refractivity contribution in [1.29, 1.82) is 5.26 Å². The average Bonchev–Trinajstić information content (AvgIpc) is 2.15. The van der Waals surface area contributed by atoms with E-state index >= 15 is 0 Å². The summed E-state index contributed by atoms with van der Waals surface area (Å²) in [4.78, 5) is 10.5. The highest BCUT2D eigenvalue weighted by Crippen LogP contribution is 2.12. The molecule has 0 aliphatic carbocycles. The monoisotopic (exact) mass is 186 g/mol. The molecular formula is C11H10N2O. The van der Waals surface area contributed by atoms with Gasteiger partial charge in [0.1, 0.15) is 0 Å². The number of benzene rings is 1. The molecule has 0 unspecified atom stereocenters. The number of hydrogen-bond donors (Lipinski definition) is 1. The molecule has 14 heavy (non-hydrogen) atoms. The van der Waals surface area contributed by atoms with Crippen LogP contribution in [0.3, 0.4) is 0 Å². The van der Waals surface area contributed by atoms with Crippen LogP contribution in [0.15, 0.2) is 24.3 Å². The number of hydrogen-bond acceptors (Lipinski definition) is 2. The zero-order chi connectivity index (χ0) is 10.6. The summed E-state index contributed by atoms with van der Waals surface area (Å²) in [5.41, 5.74) is 7.25. The van der Waals surface area contributed by atoms with Crippen molar-refractivity contribution >= 4 is 12.0 Å². The Morgan fingerprint density at radius 1 is 1.57 bits per heavy atom. The first-order chi connectivity index (χ1) is 6.63. The number of aryl methyl sites for hydroxylation is 1. The lowest BCUT2D eigenvalue weighted by Gasteiger charge is -1.98. The molecule has 70 valence electrons. The third-order valence-corrected chi connectivity index (χ3v) is 1.75. The van der Waals surface area contributed by atoms with Crippen molar-refractivity contribution in [3.05, 3.63) is 41.0 Å². The zero-order valence-corrected chi connectivity index (χ0v) is 7.82. The van der Waals surface area contributed by atoms with Gasteiger partial charge in [0.25, 0.3) is 0 Å². The third kappa shape index (κ3) is 2.46. The van der Waals surface area contributed by atoms with Gasteiger partial charge < -0.3 is 5.73 Å². The Kier molecular flexibility index (Phi) is 3.03. The maximum absolute atomic E-state index is 10.5. The van der Waals surface area contributed by atoms with Gasteiger partial charge in [0.15, 0.2) is 0 Å². The first-order valence-corrected chi connectivity index (χ1v) is 4.12. The van der Waals surface area contributed by atoms with Crippen LogP contribution in [0.4, 0.5) is 0 Å². The maximum Gasteiger partial charge on any atom is 0.241 e. The van der Waals surface area contributed by atoms with Crippen LogP contribution < -0.4 is 5.73 Å². The quantitative estimate of drug-likeness (QED) is 0.708. The summed E-state index contributed by atoms with van der Waals surface area (Å²) < 4.78 is 0. The predicted molar refractivity (Wildman–Crippen MR) is 54.1 cm³/mol. The largest absolute Gasteiger partial charge is 0.366 e. The fourth-order valence-corrected chi connectivity index (χ4v) is 1.09. The third-order valence-electron chi connectivity index (χ3n) is 1.75. The number of nitrogens with two attached hydrogens (primary N) is 1. The van der Waals surface area contributed by atoms with Gasteiger partial charge in [-0.1, -0.05) is 17.7 Å². The molecule has 0 aliphatic heterocycles. The topological polar surface area (TPSA) is 66.9 Å². The van der Waals surface area contributed by atoms with E-state index < -0.39 is 5.91 Å². The summed E-state index contributed by atoms with van der Waals surface area (Å²) in [6.07, 6.45) is 2.80. The Balaban J connectivity index is 3.13. The molecule has 0 saturated carbocycles. The summed E-state index contributed by atoms with van der Waals surface area (Å²) in [7, 11) is 0. The summed E-state index contributed by atoms with van der Waals surface area (Å²) in [5.74, 6) is -0.518. The highest BCUT2D eigenvalue weighted by Gasteiger charge is 1.98. The lowest BCUT2D eigenvalue weighted by molar-refractivity contribution is -0.113. The fraction of sp³-hybridized carbons (Fsp3) is 0.0909. The molecule has 3 nitrogen and oxygen atoms in total. The second-order valence-electron chi connectivity index (χ2n) is 2.94. The maximum atomic E-state index is 10.5. The zero-order valence-electron chi connectivity index (χ0n) is 7.82. The second kappa shape index (κ2) is 4.24. The van der Waals surface area contributed by atoms with E-state index in [0.29, 0.717) is 11.1 Å². The van der Waals surface area contributed by atoms with Crippen molar-refractivity contribution in [2.45, 2.75) is 6.92 Å². The van der Waals surface area contributed by atoms with Crippen molar-refractivity contribution in [1.82, 2.24) is 0 Å². The highest BCUT2D eigenvalue weighted by molar-refractivity contribution is 5.90. The van der Waals surface area contributed by atoms with Gasteiger partial charge in [0, 0.05) is 6.08 Å². The SMILES string of the molecule is Cc1ccc(C#N)c(C=CC(N)=O)c1. The van der Waals surface area contributed by atoms with Crippen molar-refractivity contribution in [2.24, 2.45) is 5.73 Å². The lowest BCUT2D eigenvalue weighted by Crippen LogP contribution is -2.05. The number of primary amides is 1. The van der Waals surface area contributed by atoms with E-state index in [-0.39, 0.29) is 0 Å². The van der Waals surface area contributed by atoms with Crippen LogP contribution in [0.5, 0.6) is 0 Å². The van der Waals surface area contributed by atoms with Gasteiger partial charge in [-0.2, -0.15) is 5.26 Å². The summed E-state index contributed by atoms with van der Waals surface area (Å²) >= 11 is 0. The van der Waals surface area contributed by atoms with Crippen molar-refractivity contribution in [3.63, 3.8) is 0 Å². The first-order valence-electron chi connectivity index (χ1n) is 4.12. The van der Waals surface area contributed by atoms with Crippen LogP contribution >= 0.6 is 0 Å². The molecule has 0 aliphatic rings. The van der Waals surface area contributed by atoms with Gasteiger partial charge in [-0.3, -0.25) is 4.79 Å². The fourth-order valence-electron chi connectivity index (χ4n) is 1.09. The minimum absolute atomic E-state index is 0.518. The van der Waals surface area contributed by atoms with E-state index in [1.807, 2.05) is 25.1 Å². The molecule has 0 radical (unpaired) electrons. The van der Waals surface area contributed by atoms with Gasteiger partial charge in [-0.25, -0.2) is 0 Å². The molecule has 1 amide bonds. The van der Waals surface area contributed by atoms with Crippen LogP contribution in [0.1, 0.15) is 16.7 Å². The molecular weight excluding hydrogens is 176 g/mol. The Labute approximate surface area is 82.5 Å². The smallest absolute Gasteiger partial charge is 0.241 e. The second-order valence-corrected chi connectivity index (χ2v) is 2.94. The molecule has 0 spiro atoms. The molecule has 0 saturated heterocycles. The van der Waals surface area contributed by atoms with Crippen molar-refractivity contribution < 1.29 is 4.79 Å². The minimum Gasteiger partial charge on any atom is -0.366 e. The minimum atomic E-state index is -0.518. The van der Waals surface area contributed by atoms with E-state index in [4.69, 9.17) is 11.0 Å². The van der Waals surface area contributed by atoms with Gasteiger partial charge >= 0.3 is 0 Å². The van der Waals surface area contributed by atoms with Gasteiger partial charge in [-0.15, -0.1) is 0 Å². The number of carbonyl (C=O) groups is 1. The first kappa shape index (κ1) is 10.0. The van der Waals surface area contributed by atoms with Crippen LogP contribution in [-0.4, -0.2) is 5.91 Å². The van der Waals surface area contributed by atoms with Crippen LogP contribution in [0, 0.1) is 18.3 Å².